The summed E-state index contributed by atoms with van der Waals surface area (Å²) in [5.74, 6) is 1.21. The number of aromatic nitrogens is 5. The summed E-state index contributed by atoms with van der Waals surface area (Å²) in [4.78, 5) is 8.29. The minimum absolute atomic E-state index is 0.498. The van der Waals surface area contributed by atoms with Gasteiger partial charge in [0.15, 0.2) is 5.82 Å². The van der Waals surface area contributed by atoms with Crippen molar-refractivity contribution >= 4 is 5.82 Å². The van der Waals surface area contributed by atoms with Gasteiger partial charge in [0, 0.05) is 12.4 Å². The van der Waals surface area contributed by atoms with Crippen molar-refractivity contribution in [3.05, 3.63) is 30.0 Å². The molecule has 0 saturated heterocycles. The molecule has 0 amide bonds. The lowest BCUT2D eigenvalue weighted by Crippen LogP contribution is -2.09. The van der Waals surface area contributed by atoms with Gasteiger partial charge < -0.3 is 5.73 Å². The summed E-state index contributed by atoms with van der Waals surface area (Å²) in [5.41, 5.74) is 6.70. The van der Waals surface area contributed by atoms with Crippen LogP contribution < -0.4 is 5.73 Å². The van der Waals surface area contributed by atoms with Gasteiger partial charge in [-0.25, -0.2) is 14.6 Å². The molecule has 0 aromatic carbocycles. The molecule has 6 nitrogen and oxygen atoms in total. The zero-order valence-corrected chi connectivity index (χ0v) is 9.17. The minimum Gasteiger partial charge on any atom is -0.381 e. The molecule has 0 spiro atoms. The summed E-state index contributed by atoms with van der Waals surface area (Å²) < 4.78 is 1.76. The van der Waals surface area contributed by atoms with E-state index in [-0.39, 0.29) is 0 Å². The third-order valence-electron chi connectivity index (χ3n) is 2.26. The van der Waals surface area contributed by atoms with Crippen LogP contribution in [0.1, 0.15) is 24.9 Å². The van der Waals surface area contributed by atoms with Gasteiger partial charge in [-0.3, -0.25) is 0 Å². The molecule has 0 atom stereocenters. The van der Waals surface area contributed by atoms with E-state index >= 15 is 0 Å². The van der Waals surface area contributed by atoms with Crippen molar-refractivity contribution in [1.82, 2.24) is 25.0 Å². The van der Waals surface area contributed by atoms with Gasteiger partial charge in [-0.05, 0) is 12.5 Å². The van der Waals surface area contributed by atoms with Gasteiger partial charge in [-0.1, -0.05) is 18.6 Å². The van der Waals surface area contributed by atoms with Crippen LogP contribution >= 0.6 is 0 Å². The maximum Gasteiger partial charge on any atom is 0.169 e. The molecule has 2 N–H and O–H groups in total. The third kappa shape index (κ3) is 2.16. The summed E-state index contributed by atoms with van der Waals surface area (Å²) in [7, 11) is 0. The molecule has 0 fully saturated rings. The molecule has 0 bridgehead atoms. The highest BCUT2D eigenvalue weighted by Gasteiger charge is 2.10. The van der Waals surface area contributed by atoms with E-state index in [1.165, 1.54) is 0 Å². The monoisotopic (exact) mass is 218 g/mol. The smallest absolute Gasteiger partial charge is 0.169 e. The number of hydrogen-bond donors (Lipinski definition) is 1. The highest BCUT2D eigenvalue weighted by Crippen LogP contribution is 2.10. The van der Waals surface area contributed by atoms with Crippen molar-refractivity contribution in [1.29, 1.82) is 0 Å². The average Bonchev–Trinajstić information content (AvgIpc) is 2.64. The summed E-state index contributed by atoms with van der Waals surface area (Å²) in [5, 5.41) is 7.86. The minimum atomic E-state index is 0.498. The fourth-order valence-electron chi connectivity index (χ4n) is 1.51. The topological polar surface area (TPSA) is 82.5 Å². The summed E-state index contributed by atoms with van der Waals surface area (Å²) >= 11 is 0. The maximum atomic E-state index is 5.75. The fourth-order valence-corrected chi connectivity index (χ4v) is 1.51. The molecule has 0 saturated carbocycles. The Balaban J connectivity index is 2.21. The molecule has 6 heteroatoms. The Labute approximate surface area is 93.5 Å². The van der Waals surface area contributed by atoms with Crippen LogP contribution in [0, 0.1) is 0 Å². The van der Waals surface area contributed by atoms with Crippen molar-refractivity contribution in [2.75, 3.05) is 5.73 Å². The van der Waals surface area contributed by atoms with Crippen molar-refractivity contribution in [2.24, 2.45) is 0 Å². The Morgan fingerprint density at radius 2 is 2.06 bits per heavy atom. The van der Waals surface area contributed by atoms with Crippen molar-refractivity contribution in [2.45, 2.75) is 26.3 Å². The average molecular weight is 218 g/mol. The predicted molar refractivity (Wildman–Crippen MR) is 59.6 cm³/mol. The standard InChI is InChI=1S/C10H14N6/c1-2-4-8-10(11)14-15-16(8)7-9-12-5-3-6-13-9/h3,5-6H,2,4,7,11H2,1H3. The molecule has 16 heavy (non-hydrogen) atoms. The second-order valence-corrected chi connectivity index (χ2v) is 3.49. The molecule has 0 aliphatic carbocycles. The number of nitrogen functional groups attached to an aromatic ring is 1. The first kappa shape index (κ1) is 10.5. The van der Waals surface area contributed by atoms with Crippen LogP contribution in [0.4, 0.5) is 5.82 Å². The molecule has 2 aromatic heterocycles. The molecule has 0 unspecified atom stereocenters. The van der Waals surface area contributed by atoms with Crippen LogP contribution in [0.3, 0.4) is 0 Å². The zero-order valence-electron chi connectivity index (χ0n) is 9.17. The van der Waals surface area contributed by atoms with Gasteiger partial charge in [-0.2, -0.15) is 0 Å². The Hall–Kier alpha value is -1.98. The molecule has 0 aliphatic rings. The van der Waals surface area contributed by atoms with Gasteiger partial charge >= 0.3 is 0 Å². The lowest BCUT2D eigenvalue weighted by Gasteiger charge is -2.04. The van der Waals surface area contributed by atoms with E-state index in [0.717, 1.165) is 18.5 Å². The number of anilines is 1. The Morgan fingerprint density at radius 1 is 1.31 bits per heavy atom. The van der Waals surface area contributed by atoms with E-state index in [4.69, 9.17) is 5.73 Å². The number of hydrogen-bond acceptors (Lipinski definition) is 5. The number of nitrogens with zero attached hydrogens (tertiary/aromatic N) is 5. The first-order valence-corrected chi connectivity index (χ1v) is 5.25. The summed E-state index contributed by atoms with van der Waals surface area (Å²) in [6.07, 6.45) is 5.29. The third-order valence-corrected chi connectivity index (χ3v) is 2.26. The van der Waals surface area contributed by atoms with Gasteiger partial charge in [0.05, 0.1) is 5.69 Å². The van der Waals surface area contributed by atoms with Crippen molar-refractivity contribution < 1.29 is 0 Å². The van der Waals surface area contributed by atoms with Crippen LogP contribution in [-0.4, -0.2) is 25.0 Å². The first-order valence-electron chi connectivity index (χ1n) is 5.25. The Morgan fingerprint density at radius 3 is 2.75 bits per heavy atom. The second kappa shape index (κ2) is 4.69. The van der Waals surface area contributed by atoms with Crippen LogP contribution in [0.25, 0.3) is 0 Å². The van der Waals surface area contributed by atoms with Gasteiger partial charge in [0.1, 0.15) is 12.4 Å². The molecule has 2 aromatic rings. The quantitative estimate of drug-likeness (QED) is 0.814. The summed E-state index contributed by atoms with van der Waals surface area (Å²) in [6, 6.07) is 1.78. The van der Waals surface area contributed by atoms with Crippen LogP contribution in [0.15, 0.2) is 18.5 Å². The zero-order chi connectivity index (χ0) is 11.4. The highest BCUT2D eigenvalue weighted by molar-refractivity contribution is 5.33. The lowest BCUT2D eigenvalue weighted by atomic mass is 10.2. The SMILES string of the molecule is CCCc1c(N)nnn1Cc1ncccn1. The Bertz CT molecular complexity index is 450. The van der Waals surface area contributed by atoms with Crippen LogP contribution in [0.5, 0.6) is 0 Å². The van der Waals surface area contributed by atoms with Crippen LogP contribution in [-0.2, 0) is 13.0 Å². The van der Waals surface area contributed by atoms with E-state index in [1.54, 1.807) is 23.1 Å². The molecule has 2 heterocycles. The number of rotatable bonds is 4. The van der Waals surface area contributed by atoms with Crippen molar-refractivity contribution in [3.8, 4) is 0 Å². The van der Waals surface area contributed by atoms with E-state index < -0.39 is 0 Å². The van der Waals surface area contributed by atoms with E-state index in [1.807, 2.05) is 0 Å². The fraction of sp³-hybridized carbons (Fsp3) is 0.400. The molecular formula is C10H14N6. The maximum absolute atomic E-state index is 5.75. The number of nitrogens with two attached hydrogens (primary N) is 1. The second-order valence-electron chi connectivity index (χ2n) is 3.49. The van der Waals surface area contributed by atoms with E-state index in [2.05, 4.69) is 27.2 Å². The first-order chi connectivity index (χ1) is 7.81. The molecule has 0 aliphatic heterocycles. The van der Waals surface area contributed by atoms with Crippen LogP contribution in [0.2, 0.25) is 0 Å². The van der Waals surface area contributed by atoms with Gasteiger partial charge in [0.25, 0.3) is 0 Å². The normalized spacial score (nSPS) is 10.6. The molecule has 0 radical (unpaired) electrons. The molecular weight excluding hydrogens is 204 g/mol. The lowest BCUT2D eigenvalue weighted by molar-refractivity contribution is 0.593. The van der Waals surface area contributed by atoms with E-state index in [0.29, 0.717) is 18.2 Å². The predicted octanol–water partition coefficient (Wildman–Crippen LogP) is 0.651. The molecule has 84 valence electrons. The van der Waals surface area contributed by atoms with Gasteiger partial charge in [-0.15, -0.1) is 5.10 Å². The largest absolute Gasteiger partial charge is 0.381 e. The van der Waals surface area contributed by atoms with Crippen molar-refractivity contribution in [3.63, 3.8) is 0 Å². The van der Waals surface area contributed by atoms with E-state index in [9.17, 15) is 0 Å². The Kier molecular flexibility index (Phi) is 3.09. The summed E-state index contributed by atoms with van der Waals surface area (Å²) in [6.45, 7) is 2.61. The highest BCUT2D eigenvalue weighted by atomic mass is 15.4. The molecule has 2 rings (SSSR count). The van der Waals surface area contributed by atoms with Gasteiger partial charge in [0.2, 0.25) is 0 Å².